The Bertz CT molecular complexity index is 440. The van der Waals surface area contributed by atoms with Gasteiger partial charge in [0.1, 0.15) is 5.75 Å². The van der Waals surface area contributed by atoms with Gasteiger partial charge in [-0.25, -0.2) is 0 Å². The van der Waals surface area contributed by atoms with Crippen LogP contribution >= 0.6 is 0 Å². The van der Waals surface area contributed by atoms with Crippen molar-refractivity contribution in [2.75, 3.05) is 13.7 Å². The Kier molecular flexibility index (Phi) is 2.99. The predicted octanol–water partition coefficient (Wildman–Crippen LogP) is -0.725. The van der Waals surface area contributed by atoms with Gasteiger partial charge in [0.15, 0.2) is 0 Å². The Balaban J connectivity index is 2.26. The van der Waals surface area contributed by atoms with Gasteiger partial charge in [0.2, 0.25) is 5.91 Å². The van der Waals surface area contributed by atoms with Gasteiger partial charge in [-0.15, -0.1) is 0 Å². The number of carboxylic acids is 1. The fraction of sp³-hybridized carbons (Fsp3) is 0.333. The summed E-state index contributed by atoms with van der Waals surface area (Å²) in [6.07, 6.45) is 0. The molecule has 1 aliphatic heterocycles. The van der Waals surface area contributed by atoms with E-state index < -0.39 is 17.8 Å². The van der Waals surface area contributed by atoms with Crippen LogP contribution in [0.2, 0.25) is 0 Å². The molecule has 17 heavy (non-hydrogen) atoms. The van der Waals surface area contributed by atoms with E-state index in [2.05, 4.69) is 5.32 Å². The lowest BCUT2D eigenvalue weighted by molar-refractivity contribution is -0.310. The summed E-state index contributed by atoms with van der Waals surface area (Å²) >= 11 is 0. The molecule has 5 nitrogen and oxygen atoms in total. The molecule has 0 saturated carbocycles. The minimum Gasteiger partial charge on any atom is -0.549 e. The molecule has 1 aliphatic rings. The third-order valence-electron chi connectivity index (χ3n) is 2.98. The number of ether oxygens (including phenoxy) is 1. The van der Waals surface area contributed by atoms with Gasteiger partial charge in [-0.1, -0.05) is 12.1 Å². The van der Waals surface area contributed by atoms with E-state index in [0.29, 0.717) is 12.3 Å². The van der Waals surface area contributed by atoms with Crippen molar-refractivity contribution in [3.05, 3.63) is 29.8 Å². The highest BCUT2D eigenvalue weighted by Gasteiger charge is 2.36. The second-order valence-corrected chi connectivity index (χ2v) is 3.92. The molecule has 5 heteroatoms. The van der Waals surface area contributed by atoms with E-state index in [-0.39, 0.29) is 5.92 Å². The summed E-state index contributed by atoms with van der Waals surface area (Å²) in [5.74, 6) is -2.61. The van der Waals surface area contributed by atoms with Crippen molar-refractivity contribution in [3.63, 3.8) is 0 Å². The van der Waals surface area contributed by atoms with Crippen LogP contribution in [0.1, 0.15) is 11.5 Å². The van der Waals surface area contributed by atoms with E-state index in [9.17, 15) is 14.7 Å². The molecule has 2 rings (SSSR count). The summed E-state index contributed by atoms with van der Waals surface area (Å²) in [7, 11) is 1.56. The molecule has 1 saturated heterocycles. The number of carbonyl (C=O) groups is 2. The molecular weight excluding hydrogens is 222 g/mol. The molecule has 0 aliphatic carbocycles. The number of nitrogens with one attached hydrogen (secondary N) is 1. The average molecular weight is 234 g/mol. The molecule has 0 bridgehead atoms. The maximum absolute atomic E-state index is 11.4. The first-order valence-corrected chi connectivity index (χ1v) is 5.26. The van der Waals surface area contributed by atoms with Crippen LogP contribution < -0.4 is 15.2 Å². The Morgan fingerprint density at radius 1 is 1.41 bits per heavy atom. The number of hydrogen-bond donors (Lipinski definition) is 1. The zero-order valence-electron chi connectivity index (χ0n) is 9.30. The van der Waals surface area contributed by atoms with Crippen molar-refractivity contribution >= 4 is 11.9 Å². The van der Waals surface area contributed by atoms with Gasteiger partial charge in [0.05, 0.1) is 19.0 Å². The number of hydrogen-bond acceptors (Lipinski definition) is 4. The third kappa shape index (κ3) is 2.08. The summed E-state index contributed by atoms with van der Waals surface area (Å²) in [5, 5.41) is 13.5. The zero-order chi connectivity index (χ0) is 12.4. The van der Waals surface area contributed by atoms with Crippen LogP contribution in [0.5, 0.6) is 5.75 Å². The van der Waals surface area contributed by atoms with Crippen molar-refractivity contribution in [2.24, 2.45) is 5.92 Å². The fourth-order valence-corrected chi connectivity index (χ4v) is 2.05. The van der Waals surface area contributed by atoms with E-state index in [0.717, 1.165) is 5.56 Å². The lowest BCUT2D eigenvalue weighted by Gasteiger charge is -2.17. The van der Waals surface area contributed by atoms with Gasteiger partial charge in [0.25, 0.3) is 0 Å². The average Bonchev–Trinajstić information content (AvgIpc) is 2.71. The SMILES string of the molecule is COc1ccc(C2CNC(=O)C2C(=O)[O-])cc1. The lowest BCUT2D eigenvalue weighted by atomic mass is 9.88. The fourth-order valence-electron chi connectivity index (χ4n) is 2.05. The van der Waals surface area contributed by atoms with E-state index in [4.69, 9.17) is 4.74 Å². The van der Waals surface area contributed by atoms with Gasteiger partial charge < -0.3 is 20.0 Å². The van der Waals surface area contributed by atoms with E-state index >= 15 is 0 Å². The molecule has 1 N–H and O–H groups in total. The molecule has 90 valence electrons. The molecule has 0 aromatic heterocycles. The Labute approximate surface area is 98.4 Å². The standard InChI is InChI=1S/C12H13NO4/c1-17-8-4-2-7(3-5-8)9-6-13-11(14)10(9)12(15)16/h2-5,9-10H,6H2,1H3,(H,13,14)(H,15,16)/p-1. The van der Waals surface area contributed by atoms with Gasteiger partial charge >= 0.3 is 0 Å². The van der Waals surface area contributed by atoms with Crippen molar-refractivity contribution in [1.29, 1.82) is 0 Å². The van der Waals surface area contributed by atoms with Crippen LogP contribution in [-0.4, -0.2) is 25.5 Å². The normalized spacial score (nSPS) is 23.2. The molecule has 1 heterocycles. The largest absolute Gasteiger partial charge is 0.549 e. The van der Waals surface area contributed by atoms with E-state index in [1.807, 2.05) is 0 Å². The number of carbonyl (C=O) groups excluding carboxylic acids is 2. The first-order chi connectivity index (χ1) is 8.13. The highest BCUT2D eigenvalue weighted by atomic mass is 16.5. The number of methoxy groups -OCH3 is 1. The van der Waals surface area contributed by atoms with Crippen molar-refractivity contribution in [1.82, 2.24) is 5.32 Å². The zero-order valence-corrected chi connectivity index (χ0v) is 9.30. The second-order valence-electron chi connectivity index (χ2n) is 3.92. The quantitative estimate of drug-likeness (QED) is 0.700. The van der Waals surface area contributed by atoms with Crippen LogP contribution in [0.25, 0.3) is 0 Å². The molecule has 0 radical (unpaired) electrons. The topological polar surface area (TPSA) is 78.5 Å². The molecule has 1 aromatic carbocycles. The number of benzene rings is 1. The van der Waals surface area contributed by atoms with Crippen molar-refractivity contribution in [3.8, 4) is 5.75 Å². The summed E-state index contributed by atoms with van der Waals surface area (Å²) < 4.78 is 5.02. The van der Waals surface area contributed by atoms with Crippen molar-refractivity contribution < 1.29 is 19.4 Å². The molecule has 0 spiro atoms. The highest BCUT2D eigenvalue weighted by Crippen LogP contribution is 2.29. The summed E-state index contributed by atoms with van der Waals surface area (Å²) in [4.78, 5) is 22.3. The summed E-state index contributed by atoms with van der Waals surface area (Å²) in [6, 6.07) is 7.01. The third-order valence-corrected chi connectivity index (χ3v) is 2.98. The van der Waals surface area contributed by atoms with Crippen LogP contribution in [0.4, 0.5) is 0 Å². The first kappa shape index (κ1) is 11.4. The molecule has 2 unspecified atom stereocenters. The molecular formula is C12H12NO4-. The smallest absolute Gasteiger partial charge is 0.229 e. The van der Waals surface area contributed by atoms with Gasteiger partial charge in [0, 0.05) is 12.5 Å². The van der Waals surface area contributed by atoms with Crippen LogP contribution in [0, 0.1) is 5.92 Å². The maximum Gasteiger partial charge on any atom is 0.229 e. The minimum atomic E-state index is -1.33. The molecule has 1 amide bonds. The van der Waals surface area contributed by atoms with E-state index in [1.54, 1.807) is 31.4 Å². The monoisotopic (exact) mass is 234 g/mol. The Morgan fingerprint density at radius 2 is 2.06 bits per heavy atom. The van der Waals surface area contributed by atoms with E-state index in [1.165, 1.54) is 0 Å². The Morgan fingerprint density at radius 3 is 2.59 bits per heavy atom. The van der Waals surface area contributed by atoms with Crippen LogP contribution in [0.15, 0.2) is 24.3 Å². The second kappa shape index (κ2) is 4.45. The number of aliphatic carboxylic acids is 1. The Hall–Kier alpha value is -2.04. The van der Waals surface area contributed by atoms with Crippen LogP contribution in [0.3, 0.4) is 0 Å². The minimum absolute atomic E-state index is 0.323. The lowest BCUT2D eigenvalue weighted by Crippen LogP contribution is -2.38. The number of amides is 1. The van der Waals surface area contributed by atoms with Gasteiger partial charge in [-0.3, -0.25) is 4.79 Å². The number of carboxylic acid groups (broad SMARTS) is 1. The highest BCUT2D eigenvalue weighted by molar-refractivity contribution is 5.99. The summed E-state index contributed by atoms with van der Waals surface area (Å²) in [5.41, 5.74) is 0.790. The number of rotatable bonds is 3. The van der Waals surface area contributed by atoms with Crippen LogP contribution in [-0.2, 0) is 9.59 Å². The molecule has 2 atom stereocenters. The van der Waals surface area contributed by atoms with Gasteiger partial charge in [-0.2, -0.15) is 0 Å². The first-order valence-electron chi connectivity index (χ1n) is 5.26. The molecule has 1 aromatic rings. The maximum atomic E-state index is 11.4. The molecule has 1 fully saturated rings. The van der Waals surface area contributed by atoms with Crippen molar-refractivity contribution in [2.45, 2.75) is 5.92 Å². The summed E-state index contributed by atoms with van der Waals surface area (Å²) in [6.45, 7) is 0.323. The van der Waals surface area contributed by atoms with Gasteiger partial charge in [-0.05, 0) is 17.7 Å². The predicted molar refractivity (Wildman–Crippen MR) is 57.2 cm³/mol.